The van der Waals surface area contributed by atoms with Crippen LogP contribution in [0.25, 0.3) is 0 Å². The molecule has 0 amide bonds. The molecule has 162 valence electrons. The molecule has 1 spiro atoms. The molecule has 4 rings (SSSR count). The van der Waals surface area contributed by atoms with Crippen LogP contribution in [0.1, 0.15) is 79.1 Å². The Labute approximate surface area is 169 Å². The molecule has 2 aliphatic heterocycles. The van der Waals surface area contributed by atoms with Crippen molar-refractivity contribution in [1.29, 1.82) is 0 Å². The number of esters is 1. The van der Waals surface area contributed by atoms with E-state index < -0.39 is 17.6 Å². The highest BCUT2D eigenvalue weighted by Crippen LogP contribution is 2.41. The second kappa shape index (κ2) is 8.99. The summed E-state index contributed by atoms with van der Waals surface area (Å²) in [6.45, 7) is 8.79. The zero-order valence-electron chi connectivity index (χ0n) is 17.9. The average molecular weight is 399 g/mol. The van der Waals surface area contributed by atoms with Gasteiger partial charge in [0.2, 0.25) is 0 Å². The van der Waals surface area contributed by atoms with Crippen molar-refractivity contribution in [3.05, 3.63) is 0 Å². The molecule has 2 aliphatic carbocycles. The minimum absolute atomic E-state index is 0.132. The predicted molar refractivity (Wildman–Crippen MR) is 105 cm³/mol. The van der Waals surface area contributed by atoms with E-state index in [2.05, 4.69) is 0 Å². The largest absolute Gasteiger partial charge is 0.459 e. The minimum Gasteiger partial charge on any atom is -0.459 e. The maximum absolute atomic E-state index is 12.2. The molecular weight excluding hydrogens is 360 g/mol. The van der Waals surface area contributed by atoms with Crippen molar-refractivity contribution in [1.82, 2.24) is 0 Å². The smallest absolute Gasteiger partial charge is 0.311 e. The lowest BCUT2D eigenvalue weighted by Gasteiger charge is -2.45. The molecule has 28 heavy (non-hydrogen) atoms. The second-order valence-electron chi connectivity index (χ2n) is 9.68. The molecule has 4 unspecified atom stereocenters. The number of epoxide rings is 1. The van der Waals surface area contributed by atoms with Crippen LogP contribution in [-0.4, -0.2) is 55.0 Å². The van der Waals surface area contributed by atoms with Gasteiger partial charge in [-0.25, -0.2) is 0 Å². The van der Waals surface area contributed by atoms with E-state index in [-0.39, 0.29) is 17.7 Å². The third-order valence-corrected chi connectivity index (χ3v) is 6.89. The molecule has 6 heteroatoms. The fourth-order valence-corrected chi connectivity index (χ4v) is 4.18. The monoisotopic (exact) mass is 398 g/mol. The fraction of sp³-hybridized carbons (Fsp3) is 0.955. The van der Waals surface area contributed by atoms with Crippen molar-refractivity contribution in [3.8, 4) is 0 Å². The summed E-state index contributed by atoms with van der Waals surface area (Å²) < 4.78 is 22.1. The van der Waals surface area contributed by atoms with Crippen LogP contribution in [0.15, 0.2) is 0 Å². The highest BCUT2D eigenvalue weighted by atomic mass is 16.7. The zero-order valence-corrected chi connectivity index (χ0v) is 17.9. The lowest BCUT2D eigenvalue weighted by molar-refractivity contribution is -0.242. The van der Waals surface area contributed by atoms with E-state index in [9.17, 15) is 9.90 Å². The van der Waals surface area contributed by atoms with E-state index in [1.54, 1.807) is 0 Å². The number of fused-ring (bicyclic) bond motifs is 1. The van der Waals surface area contributed by atoms with Crippen molar-refractivity contribution in [3.63, 3.8) is 0 Å². The zero-order chi connectivity index (χ0) is 20.4. The summed E-state index contributed by atoms with van der Waals surface area (Å²) in [6.07, 6.45) is 8.43. The molecule has 1 N–H and O–H groups in total. The Hall–Kier alpha value is -0.690. The first-order valence-electron chi connectivity index (χ1n) is 11.0. The SMILES string of the molecule is C1CCC2OC2C1.CCC(C)(C)C(=O)OC1CC2(CCC1O)COC(C)OC2. The standard InChI is InChI=1S/C16H28O5.C6H10O/c1-5-15(3,4)14(18)21-13-8-16(7-6-12(13)17)9-19-11(2)20-10-16;1-2-4-6-5(3-1)7-6/h11-13,17H,5-10H2,1-4H3;5-6H,1-4H2. The van der Waals surface area contributed by atoms with Gasteiger partial charge < -0.3 is 24.1 Å². The molecule has 4 aliphatic rings. The van der Waals surface area contributed by atoms with Crippen LogP contribution in [0.2, 0.25) is 0 Å². The first-order chi connectivity index (χ1) is 13.2. The summed E-state index contributed by atoms with van der Waals surface area (Å²) in [4.78, 5) is 12.2. The summed E-state index contributed by atoms with van der Waals surface area (Å²) in [5.41, 5.74) is -0.647. The second-order valence-corrected chi connectivity index (χ2v) is 9.68. The Kier molecular flexibility index (Phi) is 7.06. The van der Waals surface area contributed by atoms with Gasteiger partial charge in [0.25, 0.3) is 0 Å². The quantitative estimate of drug-likeness (QED) is 0.578. The molecule has 2 saturated heterocycles. The van der Waals surface area contributed by atoms with E-state index in [4.69, 9.17) is 18.9 Å². The van der Waals surface area contributed by atoms with E-state index >= 15 is 0 Å². The minimum atomic E-state index is -0.591. The molecule has 0 radical (unpaired) electrons. The maximum atomic E-state index is 12.2. The van der Waals surface area contributed by atoms with Gasteiger partial charge in [-0.05, 0) is 59.3 Å². The van der Waals surface area contributed by atoms with Gasteiger partial charge in [0, 0.05) is 5.41 Å². The van der Waals surface area contributed by atoms with Crippen LogP contribution in [0.3, 0.4) is 0 Å². The molecule has 4 fully saturated rings. The molecular formula is C22H38O6. The molecule has 6 nitrogen and oxygen atoms in total. The predicted octanol–water partition coefficient (Wildman–Crippen LogP) is 3.59. The molecule has 4 atom stereocenters. The van der Waals surface area contributed by atoms with Gasteiger partial charge in [0.05, 0.1) is 36.9 Å². The highest BCUT2D eigenvalue weighted by molar-refractivity contribution is 5.76. The highest BCUT2D eigenvalue weighted by Gasteiger charge is 2.46. The summed E-state index contributed by atoms with van der Waals surface area (Å²) in [6, 6.07) is 0. The van der Waals surface area contributed by atoms with Gasteiger partial charge >= 0.3 is 5.97 Å². The lowest BCUT2D eigenvalue weighted by Crippen LogP contribution is -2.50. The third-order valence-electron chi connectivity index (χ3n) is 6.89. The fourth-order valence-electron chi connectivity index (χ4n) is 4.18. The topological polar surface area (TPSA) is 77.5 Å². The summed E-state index contributed by atoms with van der Waals surface area (Å²) in [5.74, 6) is -0.239. The van der Waals surface area contributed by atoms with E-state index in [0.717, 1.165) is 6.42 Å². The van der Waals surface area contributed by atoms with Crippen molar-refractivity contribution in [2.45, 2.75) is 110 Å². The first-order valence-corrected chi connectivity index (χ1v) is 11.0. The number of hydrogen-bond donors (Lipinski definition) is 1. The van der Waals surface area contributed by atoms with Crippen LogP contribution in [0.5, 0.6) is 0 Å². The van der Waals surface area contributed by atoms with Gasteiger partial charge in [-0.1, -0.05) is 19.8 Å². The van der Waals surface area contributed by atoms with Gasteiger partial charge in [0.1, 0.15) is 6.10 Å². The number of carbonyl (C=O) groups is 1. The van der Waals surface area contributed by atoms with Gasteiger partial charge in [-0.2, -0.15) is 0 Å². The van der Waals surface area contributed by atoms with Crippen molar-refractivity contribution in [2.24, 2.45) is 10.8 Å². The lowest BCUT2D eigenvalue weighted by atomic mass is 9.72. The summed E-state index contributed by atoms with van der Waals surface area (Å²) in [5, 5.41) is 10.2. The van der Waals surface area contributed by atoms with Crippen LogP contribution in [0.4, 0.5) is 0 Å². The van der Waals surface area contributed by atoms with Crippen LogP contribution in [0, 0.1) is 10.8 Å². The van der Waals surface area contributed by atoms with E-state index in [1.165, 1.54) is 25.7 Å². The Morgan fingerprint density at radius 2 is 1.75 bits per heavy atom. The first kappa shape index (κ1) is 22.0. The van der Waals surface area contributed by atoms with Crippen LogP contribution >= 0.6 is 0 Å². The van der Waals surface area contributed by atoms with Crippen molar-refractivity contribution < 1.29 is 28.8 Å². The third kappa shape index (κ3) is 5.47. The Morgan fingerprint density at radius 3 is 2.29 bits per heavy atom. The number of hydrogen-bond acceptors (Lipinski definition) is 6. The molecule has 0 aromatic heterocycles. The van der Waals surface area contributed by atoms with E-state index in [1.807, 2.05) is 27.7 Å². The molecule has 0 aromatic carbocycles. The number of aliphatic hydroxyl groups excluding tert-OH is 1. The van der Waals surface area contributed by atoms with Crippen LogP contribution in [-0.2, 0) is 23.7 Å². The summed E-state index contributed by atoms with van der Waals surface area (Å²) >= 11 is 0. The Morgan fingerprint density at radius 1 is 1.14 bits per heavy atom. The van der Waals surface area contributed by atoms with Gasteiger partial charge in [-0.3, -0.25) is 4.79 Å². The Balaban J connectivity index is 0.000000264. The molecule has 0 bridgehead atoms. The normalized spacial score (nSPS) is 40.1. The van der Waals surface area contributed by atoms with Crippen LogP contribution < -0.4 is 0 Å². The van der Waals surface area contributed by atoms with Gasteiger partial charge in [-0.15, -0.1) is 0 Å². The Bertz CT molecular complexity index is 510. The van der Waals surface area contributed by atoms with Crippen molar-refractivity contribution in [2.75, 3.05) is 13.2 Å². The number of carbonyl (C=O) groups excluding carboxylic acids is 1. The van der Waals surface area contributed by atoms with E-state index in [0.29, 0.717) is 44.7 Å². The average Bonchev–Trinajstić information content (AvgIpc) is 3.47. The van der Waals surface area contributed by atoms with Crippen molar-refractivity contribution >= 4 is 5.97 Å². The summed E-state index contributed by atoms with van der Waals surface area (Å²) in [7, 11) is 0. The maximum Gasteiger partial charge on any atom is 0.311 e. The number of aliphatic hydroxyl groups is 1. The molecule has 2 saturated carbocycles. The number of ether oxygens (including phenoxy) is 4. The molecule has 2 heterocycles. The number of rotatable bonds is 3. The van der Waals surface area contributed by atoms with Gasteiger partial charge in [0.15, 0.2) is 6.29 Å². The molecule has 0 aromatic rings.